The van der Waals surface area contributed by atoms with Crippen LogP contribution in [0.5, 0.6) is 0 Å². The van der Waals surface area contributed by atoms with Crippen molar-refractivity contribution in [3.05, 3.63) is 88.0 Å². The van der Waals surface area contributed by atoms with Gasteiger partial charge in [-0.15, -0.1) is 0 Å². The zero-order valence-corrected chi connectivity index (χ0v) is 22.2. The number of hydrogen-bond acceptors (Lipinski definition) is 2. The van der Waals surface area contributed by atoms with Gasteiger partial charge in [0.05, 0.1) is 12.2 Å². The predicted molar refractivity (Wildman–Crippen MR) is 140 cm³/mol. The minimum absolute atomic E-state index is 0.0200. The number of epoxide rings is 1. The topological polar surface area (TPSA) is 25.4 Å². The molecule has 1 aromatic heterocycles. The maximum absolute atomic E-state index is 16.0. The summed E-state index contributed by atoms with van der Waals surface area (Å²) in [4.78, 5) is 5.25. The Bertz CT molecular complexity index is 1370. The van der Waals surface area contributed by atoms with Gasteiger partial charge in [-0.25, -0.2) is 8.78 Å². The van der Waals surface area contributed by atoms with Gasteiger partial charge in [-0.2, -0.15) is 13.2 Å². The number of rotatable bonds is 5. The van der Waals surface area contributed by atoms with E-state index in [-0.39, 0.29) is 29.1 Å². The summed E-state index contributed by atoms with van der Waals surface area (Å²) in [5.74, 6) is -0.170. The first-order valence-corrected chi connectivity index (χ1v) is 13.7. The zero-order chi connectivity index (χ0) is 27.6. The molecule has 1 saturated carbocycles. The molecule has 2 atom stereocenters. The summed E-state index contributed by atoms with van der Waals surface area (Å²) < 4.78 is 75.5. The summed E-state index contributed by atoms with van der Waals surface area (Å²) in [6, 6.07) is 10.6. The van der Waals surface area contributed by atoms with Crippen LogP contribution >= 0.6 is 0 Å². The molecule has 2 aromatic carbocycles. The molecule has 0 N–H and O–H groups in total. The maximum Gasteiger partial charge on any atom is 0.416 e. The van der Waals surface area contributed by atoms with Crippen LogP contribution in [-0.2, 0) is 29.4 Å². The number of aromatic nitrogens is 1. The van der Waals surface area contributed by atoms with Crippen LogP contribution in [0.4, 0.5) is 22.0 Å². The van der Waals surface area contributed by atoms with Crippen molar-refractivity contribution in [2.45, 2.75) is 82.7 Å². The summed E-state index contributed by atoms with van der Waals surface area (Å²) in [5, 5.41) is 0. The van der Waals surface area contributed by atoms with Crippen molar-refractivity contribution in [2.75, 3.05) is 6.61 Å². The molecule has 6 rings (SSSR count). The Hall–Kier alpha value is -2.80. The quantitative estimate of drug-likeness (QED) is 0.238. The van der Waals surface area contributed by atoms with Crippen LogP contribution in [0.15, 0.2) is 48.5 Å². The van der Waals surface area contributed by atoms with Gasteiger partial charge in [0.25, 0.3) is 0 Å². The summed E-state index contributed by atoms with van der Waals surface area (Å²) in [7, 11) is 0. The van der Waals surface area contributed by atoms with Crippen LogP contribution in [0.2, 0.25) is 0 Å². The van der Waals surface area contributed by atoms with E-state index in [1.54, 1.807) is 12.1 Å². The molecule has 7 heteroatoms. The highest BCUT2D eigenvalue weighted by molar-refractivity contribution is 5.75. The van der Waals surface area contributed by atoms with E-state index >= 15 is 4.39 Å². The first-order chi connectivity index (χ1) is 18.5. The molecule has 3 aliphatic rings. The molecule has 2 aliphatic carbocycles. The first-order valence-electron chi connectivity index (χ1n) is 13.7. The lowest BCUT2D eigenvalue weighted by atomic mass is 9.68. The highest BCUT2D eigenvalue weighted by atomic mass is 19.4. The first kappa shape index (κ1) is 26.4. The lowest BCUT2D eigenvalue weighted by Crippen LogP contribution is -2.33. The Morgan fingerprint density at radius 3 is 2.23 bits per heavy atom. The molecule has 206 valence electrons. The predicted octanol–water partition coefficient (Wildman–Crippen LogP) is 9.02. The van der Waals surface area contributed by atoms with Crippen molar-refractivity contribution in [1.29, 1.82) is 0 Å². The number of ether oxygens (including phenoxy) is 1. The minimum atomic E-state index is -4.48. The van der Waals surface area contributed by atoms with Crippen LogP contribution in [0, 0.1) is 11.2 Å². The Morgan fingerprint density at radius 2 is 1.64 bits per heavy atom. The van der Waals surface area contributed by atoms with E-state index in [4.69, 9.17) is 9.72 Å². The fourth-order valence-corrected chi connectivity index (χ4v) is 6.88. The number of benzene rings is 2. The maximum atomic E-state index is 16.0. The van der Waals surface area contributed by atoms with E-state index in [9.17, 15) is 17.6 Å². The van der Waals surface area contributed by atoms with E-state index in [1.165, 1.54) is 24.3 Å². The van der Waals surface area contributed by atoms with Crippen LogP contribution in [0.3, 0.4) is 0 Å². The third-order valence-corrected chi connectivity index (χ3v) is 8.62. The molecule has 1 saturated heterocycles. The van der Waals surface area contributed by atoms with Gasteiger partial charge in [0.2, 0.25) is 0 Å². The monoisotopic (exact) mass is 541 g/mol. The van der Waals surface area contributed by atoms with E-state index < -0.39 is 23.5 Å². The molecule has 39 heavy (non-hydrogen) atoms. The molecule has 2 unspecified atom stereocenters. The van der Waals surface area contributed by atoms with Gasteiger partial charge in [-0.1, -0.05) is 51.0 Å². The molecule has 2 nitrogen and oxygen atoms in total. The van der Waals surface area contributed by atoms with Crippen molar-refractivity contribution < 1.29 is 26.7 Å². The third-order valence-electron chi connectivity index (χ3n) is 8.62. The Morgan fingerprint density at radius 1 is 1.00 bits per heavy atom. The molecule has 2 fully saturated rings. The average Bonchev–Trinajstić information content (AvgIpc) is 3.40. The minimum Gasteiger partial charge on any atom is -0.364 e. The number of hydrogen-bond donors (Lipinski definition) is 0. The second kappa shape index (κ2) is 9.39. The normalized spacial score (nSPS) is 23.2. The zero-order valence-electron chi connectivity index (χ0n) is 22.2. The van der Waals surface area contributed by atoms with E-state index in [0.717, 1.165) is 84.3 Å². The van der Waals surface area contributed by atoms with Gasteiger partial charge in [0.1, 0.15) is 17.6 Å². The molecule has 0 bridgehead atoms. The highest BCUT2D eigenvalue weighted by Gasteiger charge is 2.56. The Kier molecular flexibility index (Phi) is 6.37. The third kappa shape index (κ3) is 4.99. The smallest absolute Gasteiger partial charge is 0.364 e. The van der Waals surface area contributed by atoms with Crippen molar-refractivity contribution >= 4 is 0 Å². The number of fused-ring (bicyclic) bond motifs is 2. The molecule has 0 radical (unpaired) electrons. The van der Waals surface area contributed by atoms with Gasteiger partial charge in [0.15, 0.2) is 0 Å². The lowest BCUT2D eigenvalue weighted by molar-refractivity contribution is -0.137. The van der Waals surface area contributed by atoms with Crippen molar-refractivity contribution in [3.8, 4) is 11.1 Å². The van der Waals surface area contributed by atoms with Crippen LogP contribution in [0.25, 0.3) is 11.1 Å². The second-order valence-electron chi connectivity index (χ2n) is 12.3. The molecule has 2 heterocycles. The molecule has 1 spiro atoms. The Labute approximate surface area is 225 Å². The fraction of sp³-hybridized carbons (Fsp3) is 0.469. The highest BCUT2D eigenvalue weighted by Crippen LogP contribution is 2.57. The van der Waals surface area contributed by atoms with Crippen LogP contribution < -0.4 is 0 Å². The van der Waals surface area contributed by atoms with E-state index in [1.807, 2.05) is 0 Å². The molecule has 1 aliphatic heterocycles. The standard InChI is InChI=1S/C32H32F5NO/c1-30(2)16-26-28(31(17-30)18-39-31)27(20-9-13-23(33)14-10-20)24(29(38-26)21-5-3-4-6-21)15-25(34)19-7-11-22(12-8-19)32(35,36)37/h7-14,21,25H,3-6,15-18H2,1-2H3. The van der Waals surface area contributed by atoms with Crippen LogP contribution in [0.1, 0.15) is 91.7 Å². The summed E-state index contributed by atoms with van der Waals surface area (Å²) in [5.41, 5.74) is 4.13. The van der Waals surface area contributed by atoms with Crippen LogP contribution in [-0.4, -0.2) is 11.6 Å². The number of nitrogens with zero attached hydrogens (tertiary/aromatic N) is 1. The fourth-order valence-electron chi connectivity index (χ4n) is 6.88. The molecule has 3 aromatic rings. The van der Waals surface area contributed by atoms with Gasteiger partial charge in [-0.05, 0) is 77.6 Å². The Balaban J connectivity index is 1.53. The van der Waals surface area contributed by atoms with Gasteiger partial charge >= 0.3 is 6.18 Å². The molecular weight excluding hydrogens is 509 g/mol. The largest absolute Gasteiger partial charge is 0.416 e. The number of pyridine rings is 1. The van der Waals surface area contributed by atoms with Crippen molar-refractivity contribution in [3.63, 3.8) is 0 Å². The van der Waals surface area contributed by atoms with E-state index in [0.29, 0.717) is 6.61 Å². The van der Waals surface area contributed by atoms with Crippen molar-refractivity contribution in [1.82, 2.24) is 4.98 Å². The summed E-state index contributed by atoms with van der Waals surface area (Å²) in [6.07, 6.45) is -0.385. The van der Waals surface area contributed by atoms with Gasteiger partial charge in [-0.3, -0.25) is 4.98 Å². The lowest BCUT2D eigenvalue weighted by Gasteiger charge is -2.38. The summed E-state index contributed by atoms with van der Waals surface area (Å²) >= 11 is 0. The van der Waals surface area contributed by atoms with Gasteiger partial charge in [0, 0.05) is 29.3 Å². The number of alkyl halides is 4. The SMILES string of the molecule is CC1(C)Cc2nc(C3CCCC3)c(CC(F)c3ccc(C(F)(F)F)cc3)c(-c3ccc(F)cc3)c2C2(CO2)C1. The molecule has 0 amide bonds. The van der Waals surface area contributed by atoms with Crippen molar-refractivity contribution in [2.24, 2.45) is 5.41 Å². The van der Waals surface area contributed by atoms with Gasteiger partial charge < -0.3 is 4.74 Å². The average molecular weight is 542 g/mol. The molecular formula is C32H32F5NO. The number of halogens is 5. The van der Waals surface area contributed by atoms with E-state index in [2.05, 4.69) is 13.8 Å². The summed E-state index contributed by atoms with van der Waals surface area (Å²) in [6.45, 7) is 4.98. The second-order valence-corrected chi connectivity index (χ2v) is 12.3.